The first-order valence-corrected chi connectivity index (χ1v) is 8.67. The molecule has 1 amide bonds. The molecule has 1 aliphatic heterocycles. The molecule has 0 spiro atoms. The van der Waals surface area contributed by atoms with E-state index in [1.165, 1.54) is 9.25 Å². The number of nitrogens with zero attached hydrogens (tertiary/aromatic N) is 3. The molecule has 1 aromatic heterocycles. The summed E-state index contributed by atoms with van der Waals surface area (Å²) in [4.78, 5) is 25.2. The molecule has 1 unspecified atom stereocenters. The molecule has 0 bridgehead atoms. The number of carbonyl (C=O) groups excluding carboxylic acids is 1. The average molecular weight is 360 g/mol. The van der Waals surface area contributed by atoms with Crippen molar-refractivity contribution in [3.63, 3.8) is 0 Å². The number of fused-ring (bicyclic) bond motifs is 1. The van der Waals surface area contributed by atoms with E-state index in [1.807, 2.05) is 12.1 Å². The Balaban J connectivity index is 1.78. The van der Waals surface area contributed by atoms with Gasteiger partial charge in [-0.15, -0.1) is 0 Å². The van der Waals surface area contributed by atoms with Crippen molar-refractivity contribution in [1.82, 2.24) is 19.7 Å². The molecule has 0 radical (unpaired) electrons. The highest BCUT2D eigenvalue weighted by Gasteiger charge is 2.28. The van der Waals surface area contributed by atoms with Crippen LogP contribution in [-0.2, 0) is 24.8 Å². The minimum Gasteiger partial charge on any atom is -0.497 e. The van der Waals surface area contributed by atoms with Crippen LogP contribution >= 0.6 is 0 Å². The highest BCUT2D eigenvalue weighted by molar-refractivity contribution is 5.80. The first-order valence-electron chi connectivity index (χ1n) is 8.67. The Hall–Kier alpha value is -2.77. The number of aromatic nitrogens is 3. The molecule has 0 aliphatic carbocycles. The van der Waals surface area contributed by atoms with Gasteiger partial charge >= 0.3 is 5.69 Å². The lowest BCUT2D eigenvalue weighted by atomic mass is 10.1. The van der Waals surface area contributed by atoms with Crippen molar-refractivity contribution in [1.29, 1.82) is 0 Å². The molecule has 140 valence electrons. The lowest BCUT2D eigenvalue weighted by Crippen LogP contribution is -2.37. The quantitative estimate of drug-likeness (QED) is 0.865. The van der Waals surface area contributed by atoms with Crippen LogP contribution in [0, 0.1) is 0 Å². The molecule has 3 rings (SSSR count). The van der Waals surface area contributed by atoms with E-state index in [4.69, 9.17) is 9.47 Å². The highest BCUT2D eigenvalue weighted by atomic mass is 16.5. The van der Waals surface area contributed by atoms with Gasteiger partial charge in [0.15, 0.2) is 0 Å². The van der Waals surface area contributed by atoms with Crippen molar-refractivity contribution in [2.45, 2.75) is 38.3 Å². The van der Waals surface area contributed by atoms with Gasteiger partial charge in [0, 0.05) is 26.1 Å². The fourth-order valence-electron chi connectivity index (χ4n) is 3.29. The van der Waals surface area contributed by atoms with Gasteiger partial charge in [0.25, 0.3) is 0 Å². The van der Waals surface area contributed by atoms with Gasteiger partial charge in [-0.05, 0) is 30.5 Å². The number of rotatable bonds is 5. The van der Waals surface area contributed by atoms with Crippen LogP contribution in [0.2, 0.25) is 0 Å². The number of methoxy groups -OCH3 is 2. The number of benzene rings is 1. The maximum Gasteiger partial charge on any atom is 0.346 e. The van der Waals surface area contributed by atoms with E-state index >= 15 is 0 Å². The molecular weight excluding hydrogens is 336 g/mol. The molecule has 1 aliphatic rings. The van der Waals surface area contributed by atoms with Crippen LogP contribution in [-0.4, -0.2) is 34.5 Å². The van der Waals surface area contributed by atoms with E-state index < -0.39 is 6.04 Å². The van der Waals surface area contributed by atoms with Crippen molar-refractivity contribution in [2.75, 3.05) is 14.2 Å². The second kappa shape index (κ2) is 7.63. The molecule has 2 heterocycles. The van der Waals surface area contributed by atoms with Crippen LogP contribution in [0.4, 0.5) is 0 Å². The second-order valence-corrected chi connectivity index (χ2v) is 6.39. The molecule has 1 aromatic carbocycles. The summed E-state index contributed by atoms with van der Waals surface area (Å²) in [6.07, 6.45) is 3.16. The van der Waals surface area contributed by atoms with E-state index in [0.29, 0.717) is 36.7 Å². The minimum absolute atomic E-state index is 0.176. The topological polar surface area (TPSA) is 87.4 Å². The predicted octanol–water partition coefficient (Wildman–Crippen LogP) is 1.18. The number of hydrogen-bond donors (Lipinski definition) is 1. The number of hydrogen-bond acceptors (Lipinski definition) is 5. The summed E-state index contributed by atoms with van der Waals surface area (Å²) in [5.74, 6) is 1.82. The number of ether oxygens (including phenoxy) is 2. The molecular formula is C18H24N4O4. The van der Waals surface area contributed by atoms with E-state index in [9.17, 15) is 9.59 Å². The lowest BCUT2D eigenvalue weighted by Gasteiger charge is -2.17. The maximum atomic E-state index is 12.8. The molecule has 26 heavy (non-hydrogen) atoms. The van der Waals surface area contributed by atoms with Crippen LogP contribution in [0.5, 0.6) is 11.5 Å². The van der Waals surface area contributed by atoms with Gasteiger partial charge in [-0.1, -0.05) is 6.42 Å². The summed E-state index contributed by atoms with van der Waals surface area (Å²) in [6, 6.07) is 4.94. The molecule has 8 heteroatoms. The van der Waals surface area contributed by atoms with E-state index in [-0.39, 0.29) is 11.6 Å². The Bertz CT molecular complexity index is 833. The Morgan fingerprint density at radius 1 is 1.23 bits per heavy atom. The Labute approximate surface area is 151 Å². The van der Waals surface area contributed by atoms with Crippen molar-refractivity contribution in [2.24, 2.45) is 7.05 Å². The minimum atomic E-state index is -0.527. The first-order chi connectivity index (χ1) is 12.5. The number of aryl methyl sites for hydroxylation is 2. The van der Waals surface area contributed by atoms with Crippen molar-refractivity contribution < 1.29 is 14.3 Å². The third-order valence-corrected chi connectivity index (χ3v) is 4.65. The average Bonchev–Trinajstić information content (AvgIpc) is 2.82. The molecule has 1 atom stereocenters. The monoisotopic (exact) mass is 360 g/mol. The highest BCUT2D eigenvalue weighted by Crippen LogP contribution is 2.24. The summed E-state index contributed by atoms with van der Waals surface area (Å²) in [7, 11) is 4.78. The molecule has 0 saturated heterocycles. The number of carbonyl (C=O) groups is 1. The van der Waals surface area contributed by atoms with E-state index in [1.54, 1.807) is 27.3 Å². The molecule has 8 nitrogen and oxygen atoms in total. The maximum absolute atomic E-state index is 12.8. The lowest BCUT2D eigenvalue weighted by molar-refractivity contribution is -0.124. The fourth-order valence-corrected chi connectivity index (χ4v) is 3.29. The van der Waals surface area contributed by atoms with Gasteiger partial charge in [0.1, 0.15) is 23.4 Å². The van der Waals surface area contributed by atoms with Crippen LogP contribution in [0.1, 0.15) is 36.7 Å². The third-order valence-electron chi connectivity index (χ3n) is 4.65. The van der Waals surface area contributed by atoms with Crippen molar-refractivity contribution in [3.05, 3.63) is 40.1 Å². The zero-order valence-electron chi connectivity index (χ0n) is 15.3. The predicted molar refractivity (Wildman–Crippen MR) is 95.5 cm³/mol. The standard InChI is InChI=1S/C18H24N4O4/c1-21-18(24)22-15(6-4-5-7-16(22)20-21)17(23)19-11-12-8-13(25-2)10-14(9-12)26-3/h8-10,15H,4-7,11H2,1-3H3,(H,19,23). The summed E-state index contributed by atoms with van der Waals surface area (Å²) in [5.41, 5.74) is 0.618. The smallest absolute Gasteiger partial charge is 0.346 e. The van der Waals surface area contributed by atoms with Gasteiger partial charge in [0.2, 0.25) is 5.91 Å². The van der Waals surface area contributed by atoms with Gasteiger partial charge < -0.3 is 14.8 Å². The van der Waals surface area contributed by atoms with E-state index in [2.05, 4.69) is 10.4 Å². The largest absolute Gasteiger partial charge is 0.497 e. The van der Waals surface area contributed by atoms with Crippen molar-refractivity contribution in [3.8, 4) is 11.5 Å². The number of amides is 1. The molecule has 1 N–H and O–H groups in total. The Kier molecular flexibility index (Phi) is 5.29. The number of nitrogens with one attached hydrogen (secondary N) is 1. The molecule has 0 saturated carbocycles. The van der Waals surface area contributed by atoms with Gasteiger partial charge in [-0.3, -0.25) is 9.36 Å². The SMILES string of the molecule is COc1cc(CNC(=O)C2CCCCc3nn(C)c(=O)n32)cc(OC)c1. The fraction of sp³-hybridized carbons (Fsp3) is 0.500. The van der Waals surface area contributed by atoms with Gasteiger partial charge in [-0.2, -0.15) is 5.10 Å². The molecule has 2 aromatic rings. The zero-order chi connectivity index (χ0) is 18.7. The first kappa shape index (κ1) is 18.0. The third kappa shape index (κ3) is 3.58. The zero-order valence-corrected chi connectivity index (χ0v) is 15.3. The van der Waals surface area contributed by atoms with Crippen LogP contribution < -0.4 is 20.5 Å². The van der Waals surface area contributed by atoms with Crippen molar-refractivity contribution >= 4 is 5.91 Å². The Morgan fingerprint density at radius 3 is 2.58 bits per heavy atom. The van der Waals surface area contributed by atoms with Gasteiger partial charge in [-0.25, -0.2) is 9.48 Å². The summed E-state index contributed by atoms with van der Waals surface area (Å²) in [5, 5.41) is 7.19. The second-order valence-electron chi connectivity index (χ2n) is 6.39. The Morgan fingerprint density at radius 2 is 1.92 bits per heavy atom. The van der Waals surface area contributed by atoms with E-state index in [0.717, 1.165) is 18.4 Å². The van der Waals surface area contributed by atoms with Crippen LogP contribution in [0.25, 0.3) is 0 Å². The summed E-state index contributed by atoms with van der Waals surface area (Å²) >= 11 is 0. The van der Waals surface area contributed by atoms with Gasteiger partial charge in [0.05, 0.1) is 14.2 Å². The normalized spacial score (nSPS) is 16.5. The molecule has 0 fully saturated rings. The summed E-state index contributed by atoms with van der Waals surface area (Å²) in [6.45, 7) is 0.327. The summed E-state index contributed by atoms with van der Waals surface area (Å²) < 4.78 is 13.3. The van der Waals surface area contributed by atoms with Crippen LogP contribution in [0.15, 0.2) is 23.0 Å². The van der Waals surface area contributed by atoms with Crippen LogP contribution in [0.3, 0.4) is 0 Å².